The third-order valence-electron chi connectivity index (χ3n) is 5.10. The second kappa shape index (κ2) is 9.21. The molecule has 0 spiro atoms. The summed E-state index contributed by atoms with van der Waals surface area (Å²) in [7, 11) is 0. The average molecular weight is 582 g/mol. The fourth-order valence-corrected chi connectivity index (χ4v) is 3.73. The van der Waals surface area contributed by atoms with E-state index in [4.69, 9.17) is 0 Å². The zero-order valence-corrected chi connectivity index (χ0v) is 18.9. The number of hydrogen-bond donors (Lipinski definition) is 0. The summed E-state index contributed by atoms with van der Waals surface area (Å²) < 4.78 is 16.2. The molecule has 0 N–H and O–H groups in total. The minimum Gasteiger partial charge on any atom is -0.339 e. The Morgan fingerprint density at radius 1 is 0.742 bits per heavy atom. The summed E-state index contributed by atoms with van der Waals surface area (Å²) >= 11 is 0. The molecule has 0 bridgehead atoms. The molecular formula is C27H18FIrN2-. The zero-order valence-electron chi connectivity index (χ0n) is 16.5. The predicted octanol–water partition coefficient (Wildman–Crippen LogP) is 6.81. The maximum absolute atomic E-state index is 14.1. The molecule has 0 aliphatic heterocycles. The molecule has 5 aromatic rings. The first-order valence-electron chi connectivity index (χ1n) is 9.76. The maximum atomic E-state index is 14.1. The molecule has 0 fully saturated rings. The van der Waals surface area contributed by atoms with Gasteiger partial charge in [0.15, 0.2) is 0 Å². The van der Waals surface area contributed by atoms with E-state index in [1.54, 1.807) is 12.3 Å². The molecule has 4 heteroatoms. The Hall–Kier alpha value is -3.33. The molecule has 1 radical (unpaired) electrons. The van der Waals surface area contributed by atoms with Gasteiger partial charge in [-0.25, -0.2) is 0 Å². The zero-order chi connectivity index (χ0) is 20.3. The van der Waals surface area contributed by atoms with Crippen LogP contribution < -0.4 is 0 Å². The van der Waals surface area contributed by atoms with Gasteiger partial charge in [0, 0.05) is 49.6 Å². The Kier molecular flexibility index (Phi) is 6.22. The molecule has 153 valence electrons. The average Bonchev–Trinajstić information content (AvgIpc) is 3.30. The minimum atomic E-state index is -0.319. The van der Waals surface area contributed by atoms with Crippen molar-refractivity contribution in [1.29, 1.82) is 0 Å². The first kappa shape index (κ1) is 20.9. The van der Waals surface area contributed by atoms with Gasteiger partial charge in [0.25, 0.3) is 0 Å². The molecule has 1 aromatic heterocycles. The van der Waals surface area contributed by atoms with Gasteiger partial charge < -0.3 is 4.57 Å². The summed E-state index contributed by atoms with van der Waals surface area (Å²) in [5, 5.41) is 0. The summed E-state index contributed by atoms with van der Waals surface area (Å²) in [6.45, 7) is 0. The quantitative estimate of drug-likeness (QED) is 0.213. The smallest absolute Gasteiger partial charge is 0.0608 e. The molecule has 31 heavy (non-hydrogen) atoms. The van der Waals surface area contributed by atoms with Crippen LogP contribution in [-0.4, -0.2) is 9.55 Å². The maximum Gasteiger partial charge on any atom is 0.0608 e. The normalized spacial score (nSPS) is 10.5. The van der Waals surface area contributed by atoms with E-state index in [-0.39, 0.29) is 25.9 Å². The largest absolute Gasteiger partial charge is 0.339 e. The molecule has 0 aliphatic carbocycles. The van der Waals surface area contributed by atoms with E-state index >= 15 is 0 Å². The van der Waals surface area contributed by atoms with Crippen molar-refractivity contribution in [3.63, 3.8) is 0 Å². The second-order valence-corrected chi connectivity index (χ2v) is 6.98. The molecule has 0 unspecified atom stereocenters. The van der Waals surface area contributed by atoms with Crippen LogP contribution in [0.1, 0.15) is 0 Å². The van der Waals surface area contributed by atoms with Crippen molar-refractivity contribution in [2.75, 3.05) is 0 Å². The molecule has 1 heterocycles. The third-order valence-corrected chi connectivity index (χ3v) is 5.10. The number of hydrogen-bond acceptors (Lipinski definition) is 1. The number of nitrogens with zero attached hydrogens (tertiary/aromatic N) is 2. The van der Waals surface area contributed by atoms with E-state index in [0.29, 0.717) is 0 Å². The molecule has 2 nitrogen and oxygen atoms in total. The van der Waals surface area contributed by atoms with E-state index in [0.717, 1.165) is 39.3 Å². The van der Waals surface area contributed by atoms with Crippen LogP contribution in [0.25, 0.3) is 39.3 Å². The van der Waals surface area contributed by atoms with Gasteiger partial charge in [-0.1, -0.05) is 90.0 Å². The third kappa shape index (κ3) is 4.13. The summed E-state index contributed by atoms with van der Waals surface area (Å²) in [5.41, 5.74) is 5.68. The fourth-order valence-electron chi connectivity index (χ4n) is 3.73. The standard InChI is InChI=1S/C27H18FN2.Ir/c28-22-15-16-24(25(19-22)21-11-5-2-6-12-21)27-29-17-18-30(27)26-14-8-7-13-23(26)20-9-3-1-4-10-20;/h1-15,17-19H;/q-1;. The summed E-state index contributed by atoms with van der Waals surface area (Å²) in [4.78, 5) is 4.62. The van der Waals surface area contributed by atoms with Crippen molar-refractivity contribution in [1.82, 2.24) is 9.55 Å². The van der Waals surface area contributed by atoms with E-state index in [9.17, 15) is 4.39 Å². The van der Waals surface area contributed by atoms with Gasteiger partial charge in [-0.3, -0.25) is 9.37 Å². The summed E-state index contributed by atoms with van der Waals surface area (Å²) in [5.74, 6) is 0.401. The van der Waals surface area contributed by atoms with Gasteiger partial charge in [0.05, 0.1) is 5.82 Å². The molecule has 5 rings (SSSR count). The fraction of sp³-hybridized carbons (Fsp3) is 0. The van der Waals surface area contributed by atoms with Crippen molar-refractivity contribution in [2.24, 2.45) is 0 Å². The number of imidazole rings is 1. The van der Waals surface area contributed by atoms with Crippen LogP contribution in [0, 0.1) is 11.9 Å². The van der Waals surface area contributed by atoms with Crippen LogP contribution >= 0.6 is 0 Å². The van der Waals surface area contributed by atoms with Gasteiger partial charge in [0.2, 0.25) is 0 Å². The number of halogens is 1. The van der Waals surface area contributed by atoms with Crippen molar-refractivity contribution in [2.45, 2.75) is 0 Å². The Morgan fingerprint density at radius 3 is 2.06 bits per heavy atom. The van der Waals surface area contributed by atoms with Gasteiger partial charge in [-0.2, -0.15) is 0 Å². The van der Waals surface area contributed by atoms with Crippen LogP contribution in [0.15, 0.2) is 109 Å². The van der Waals surface area contributed by atoms with Crippen molar-refractivity contribution in [3.8, 4) is 39.3 Å². The molecule has 0 saturated carbocycles. The van der Waals surface area contributed by atoms with Crippen molar-refractivity contribution in [3.05, 3.63) is 121 Å². The number of rotatable bonds is 4. The molecule has 4 aromatic carbocycles. The SMILES string of the molecule is Fc1c[c-]c(-c2nccn2-c2ccccc2-c2ccccc2)c(-c2ccccc2)c1.[Ir]. The predicted molar refractivity (Wildman–Crippen MR) is 119 cm³/mol. The Labute approximate surface area is 194 Å². The topological polar surface area (TPSA) is 17.8 Å². The second-order valence-electron chi connectivity index (χ2n) is 6.98. The van der Waals surface area contributed by atoms with E-state index in [1.165, 1.54) is 6.07 Å². The summed E-state index contributed by atoms with van der Waals surface area (Å²) in [6, 6.07) is 34.3. The minimum absolute atomic E-state index is 0. The first-order valence-corrected chi connectivity index (χ1v) is 9.76. The first-order chi connectivity index (χ1) is 14.8. The number of aromatic nitrogens is 2. The molecule has 0 aliphatic rings. The van der Waals surface area contributed by atoms with Crippen LogP contribution in [0.5, 0.6) is 0 Å². The Balaban J connectivity index is 0.00000231. The van der Waals surface area contributed by atoms with Crippen molar-refractivity contribution >= 4 is 0 Å². The van der Waals surface area contributed by atoms with Gasteiger partial charge >= 0.3 is 0 Å². The van der Waals surface area contributed by atoms with Crippen LogP contribution in [0.3, 0.4) is 0 Å². The Morgan fingerprint density at radius 2 is 1.35 bits per heavy atom. The van der Waals surface area contributed by atoms with Crippen LogP contribution in [0.4, 0.5) is 4.39 Å². The number of benzene rings is 4. The molecule has 0 amide bonds. The monoisotopic (exact) mass is 582 g/mol. The van der Waals surface area contributed by atoms with E-state index in [2.05, 4.69) is 35.3 Å². The molecular weight excluding hydrogens is 564 g/mol. The Bertz CT molecular complexity index is 1300. The van der Waals surface area contributed by atoms with Gasteiger partial charge in [-0.15, -0.1) is 23.8 Å². The van der Waals surface area contributed by atoms with Crippen LogP contribution in [-0.2, 0) is 20.1 Å². The van der Waals surface area contributed by atoms with Gasteiger partial charge in [0.1, 0.15) is 0 Å². The van der Waals surface area contributed by atoms with Crippen molar-refractivity contribution < 1.29 is 24.5 Å². The number of para-hydroxylation sites is 1. The molecule has 0 atom stereocenters. The van der Waals surface area contributed by atoms with E-state index in [1.807, 2.05) is 71.4 Å². The molecule has 0 saturated heterocycles. The van der Waals surface area contributed by atoms with Gasteiger partial charge in [-0.05, 0) is 11.6 Å². The van der Waals surface area contributed by atoms with E-state index < -0.39 is 0 Å². The summed E-state index contributed by atoms with van der Waals surface area (Å²) in [6.07, 6.45) is 3.70. The van der Waals surface area contributed by atoms with Crippen LogP contribution in [0.2, 0.25) is 0 Å².